The maximum absolute atomic E-state index is 13.9. The summed E-state index contributed by atoms with van der Waals surface area (Å²) in [6.45, 7) is 6.87. The lowest BCUT2D eigenvalue weighted by Gasteiger charge is -2.47. The van der Waals surface area contributed by atoms with E-state index in [0.29, 0.717) is 25.3 Å². The van der Waals surface area contributed by atoms with Gasteiger partial charge in [0.1, 0.15) is 17.8 Å². The van der Waals surface area contributed by atoms with Gasteiger partial charge in [0.05, 0.1) is 18.8 Å². The van der Waals surface area contributed by atoms with E-state index >= 15 is 0 Å². The highest BCUT2D eigenvalue weighted by Gasteiger charge is 2.40. The number of allylic oxidation sites excluding steroid dienone is 2. The van der Waals surface area contributed by atoms with Crippen LogP contribution in [0.1, 0.15) is 25.3 Å². The van der Waals surface area contributed by atoms with Crippen LogP contribution in [-0.2, 0) is 16.1 Å². The number of hydrogen-bond donors (Lipinski definition) is 1. The normalized spacial score (nSPS) is 23.5. The molecular weight excluding hydrogens is 373 g/mol. The predicted molar refractivity (Wildman–Crippen MR) is 107 cm³/mol. The summed E-state index contributed by atoms with van der Waals surface area (Å²) in [6, 6.07) is 6.57. The first-order chi connectivity index (χ1) is 14.0. The zero-order valence-electron chi connectivity index (χ0n) is 16.8. The summed E-state index contributed by atoms with van der Waals surface area (Å²) < 4.78 is 19.4. The van der Waals surface area contributed by atoms with Crippen molar-refractivity contribution in [3.63, 3.8) is 0 Å². The molecule has 29 heavy (non-hydrogen) atoms. The van der Waals surface area contributed by atoms with Crippen molar-refractivity contribution in [3.05, 3.63) is 58.7 Å². The third kappa shape index (κ3) is 4.16. The predicted octanol–water partition coefficient (Wildman–Crippen LogP) is 2.64. The second-order valence-corrected chi connectivity index (χ2v) is 7.88. The number of morpholine rings is 1. The van der Waals surface area contributed by atoms with Crippen LogP contribution in [0.15, 0.2) is 47.3 Å². The Morgan fingerprint density at radius 1 is 1.21 bits per heavy atom. The van der Waals surface area contributed by atoms with Crippen molar-refractivity contribution in [1.29, 1.82) is 0 Å². The van der Waals surface area contributed by atoms with E-state index in [1.54, 1.807) is 6.07 Å². The van der Waals surface area contributed by atoms with Crippen LogP contribution in [0.3, 0.4) is 0 Å². The van der Waals surface area contributed by atoms with Crippen LogP contribution < -0.4 is 0 Å². The summed E-state index contributed by atoms with van der Waals surface area (Å²) >= 11 is 0. The van der Waals surface area contributed by atoms with Gasteiger partial charge in [-0.2, -0.15) is 0 Å². The summed E-state index contributed by atoms with van der Waals surface area (Å²) in [4.78, 5) is 18.9. The molecule has 0 saturated carbocycles. The summed E-state index contributed by atoms with van der Waals surface area (Å²) in [6.07, 6.45) is 3.74. The molecule has 0 amide bonds. The fraction of sp³-hybridized carbons (Fsp3) is 0.500. The number of rotatable bonds is 5. The SMILES string of the molecule is CC1=C(C(=O)O)C(N2CCCC2)N(Cc2cccc(F)c2)C(N2CCOCC2)=C1. The number of carboxylic acids is 1. The Bertz CT molecular complexity index is 826. The van der Waals surface area contributed by atoms with Gasteiger partial charge in [-0.1, -0.05) is 12.1 Å². The van der Waals surface area contributed by atoms with Gasteiger partial charge in [-0.3, -0.25) is 4.90 Å². The zero-order valence-corrected chi connectivity index (χ0v) is 16.8. The van der Waals surface area contributed by atoms with Gasteiger partial charge >= 0.3 is 5.97 Å². The molecule has 1 N–H and O–H groups in total. The van der Waals surface area contributed by atoms with Gasteiger partial charge in [-0.05, 0) is 49.1 Å². The zero-order chi connectivity index (χ0) is 20.4. The maximum Gasteiger partial charge on any atom is 0.335 e. The third-order valence-electron chi connectivity index (χ3n) is 5.91. The van der Waals surface area contributed by atoms with E-state index in [-0.39, 0.29) is 12.0 Å². The molecule has 7 heteroatoms. The maximum atomic E-state index is 13.9. The Morgan fingerprint density at radius 3 is 2.59 bits per heavy atom. The highest BCUT2D eigenvalue weighted by molar-refractivity contribution is 5.90. The Labute approximate surface area is 170 Å². The second-order valence-electron chi connectivity index (χ2n) is 7.88. The molecule has 1 atom stereocenters. The third-order valence-corrected chi connectivity index (χ3v) is 5.91. The molecule has 0 spiro atoms. The lowest BCUT2D eigenvalue weighted by molar-refractivity contribution is -0.134. The van der Waals surface area contributed by atoms with Gasteiger partial charge in [0.2, 0.25) is 0 Å². The number of hydrogen-bond acceptors (Lipinski definition) is 5. The van der Waals surface area contributed by atoms with Crippen molar-refractivity contribution < 1.29 is 19.0 Å². The molecule has 0 aromatic heterocycles. The van der Waals surface area contributed by atoms with E-state index in [1.165, 1.54) is 12.1 Å². The minimum atomic E-state index is -0.888. The summed E-state index contributed by atoms with van der Waals surface area (Å²) in [7, 11) is 0. The lowest BCUT2D eigenvalue weighted by atomic mass is 9.99. The smallest absolute Gasteiger partial charge is 0.335 e. The summed E-state index contributed by atoms with van der Waals surface area (Å²) in [5, 5.41) is 10.0. The minimum Gasteiger partial charge on any atom is -0.478 e. The molecule has 2 fully saturated rings. The van der Waals surface area contributed by atoms with Crippen LogP contribution in [0.25, 0.3) is 0 Å². The average molecular weight is 401 g/mol. The number of carboxylic acid groups (broad SMARTS) is 1. The van der Waals surface area contributed by atoms with E-state index < -0.39 is 5.97 Å². The van der Waals surface area contributed by atoms with Gasteiger partial charge < -0.3 is 19.6 Å². The van der Waals surface area contributed by atoms with E-state index in [4.69, 9.17) is 4.74 Å². The van der Waals surface area contributed by atoms with Crippen LogP contribution in [-0.4, -0.2) is 71.3 Å². The molecule has 4 rings (SSSR count). The molecule has 3 heterocycles. The first-order valence-corrected chi connectivity index (χ1v) is 10.3. The van der Waals surface area contributed by atoms with Crippen molar-refractivity contribution in [2.24, 2.45) is 0 Å². The molecule has 1 aromatic carbocycles. The van der Waals surface area contributed by atoms with Crippen LogP contribution in [0.5, 0.6) is 0 Å². The fourth-order valence-corrected chi connectivity index (χ4v) is 4.55. The second kappa shape index (κ2) is 8.55. The number of ether oxygens (including phenoxy) is 1. The lowest BCUT2D eigenvalue weighted by Crippen LogP contribution is -2.54. The van der Waals surface area contributed by atoms with Gasteiger partial charge in [-0.25, -0.2) is 9.18 Å². The standard InChI is InChI=1S/C22H28FN3O3/c1-16-13-19(24-9-11-29-12-10-24)26(15-17-5-4-6-18(23)14-17)21(20(16)22(27)28)25-7-2-3-8-25/h4-6,13-14,21H,2-3,7-12,15H2,1H3,(H,27,28). The van der Waals surface area contributed by atoms with Crippen molar-refractivity contribution in [1.82, 2.24) is 14.7 Å². The quantitative estimate of drug-likeness (QED) is 0.819. The average Bonchev–Trinajstić information content (AvgIpc) is 3.23. The number of aliphatic carboxylic acids is 1. The van der Waals surface area contributed by atoms with Gasteiger partial charge in [0.15, 0.2) is 0 Å². The van der Waals surface area contributed by atoms with Gasteiger partial charge in [0, 0.05) is 32.7 Å². The van der Waals surface area contributed by atoms with Gasteiger partial charge in [-0.15, -0.1) is 0 Å². The molecule has 1 aromatic rings. The number of carbonyl (C=O) groups is 1. The minimum absolute atomic E-state index is 0.278. The molecule has 2 saturated heterocycles. The highest BCUT2D eigenvalue weighted by atomic mass is 19.1. The fourth-order valence-electron chi connectivity index (χ4n) is 4.55. The molecule has 0 bridgehead atoms. The molecule has 0 aliphatic carbocycles. The Kier molecular flexibility index (Phi) is 5.87. The molecular formula is C22H28FN3O3. The van der Waals surface area contributed by atoms with E-state index in [1.807, 2.05) is 19.1 Å². The van der Waals surface area contributed by atoms with Crippen molar-refractivity contribution in [3.8, 4) is 0 Å². The van der Waals surface area contributed by atoms with E-state index in [0.717, 1.165) is 56.0 Å². The highest BCUT2D eigenvalue weighted by Crippen LogP contribution is 2.34. The van der Waals surface area contributed by atoms with Crippen LogP contribution in [0, 0.1) is 5.82 Å². The van der Waals surface area contributed by atoms with Crippen LogP contribution in [0.2, 0.25) is 0 Å². The van der Waals surface area contributed by atoms with Crippen molar-refractivity contribution >= 4 is 5.97 Å². The first kappa shape index (κ1) is 19.9. The largest absolute Gasteiger partial charge is 0.478 e. The van der Waals surface area contributed by atoms with E-state index in [9.17, 15) is 14.3 Å². The topological polar surface area (TPSA) is 56.2 Å². The number of nitrogens with zero attached hydrogens (tertiary/aromatic N) is 3. The summed E-state index contributed by atoms with van der Waals surface area (Å²) in [5.41, 5.74) is 2.03. The molecule has 156 valence electrons. The van der Waals surface area contributed by atoms with Crippen LogP contribution in [0.4, 0.5) is 4.39 Å². The molecule has 3 aliphatic heterocycles. The number of likely N-dealkylation sites (tertiary alicyclic amines) is 1. The number of halogens is 1. The Hall–Kier alpha value is -2.38. The monoisotopic (exact) mass is 401 g/mol. The summed E-state index contributed by atoms with van der Waals surface area (Å²) in [5.74, 6) is -0.169. The van der Waals surface area contributed by atoms with E-state index in [2.05, 4.69) is 14.7 Å². The Morgan fingerprint density at radius 2 is 1.93 bits per heavy atom. The molecule has 6 nitrogen and oxygen atoms in total. The molecule has 3 aliphatic rings. The number of benzene rings is 1. The Balaban J connectivity index is 1.77. The molecule has 1 unspecified atom stereocenters. The molecule has 0 radical (unpaired) electrons. The first-order valence-electron chi connectivity index (χ1n) is 10.3. The van der Waals surface area contributed by atoms with Gasteiger partial charge in [0.25, 0.3) is 0 Å². The van der Waals surface area contributed by atoms with Crippen molar-refractivity contribution in [2.75, 3.05) is 39.4 Å². The van der Waals surface area contributed by atoms with Crippen LogP contribution >= 0.6 is 0 Å². The van der Waals surface area contributed by atoms with Crippen molar-refractivity contribution in [2.45, 2.75) is 32.5 Å².